The number of nitrogens with zero attached hydrogens (tertiary/aromatic N) is 2. The molecule has 1 fully saturated rings. The number of anilines is 1. The zero-order valence-electron chi connectivity index (χ0n) is 11.5. The Morgan fingerprint density at radius 2 is 1.95 bits per heavy atom. The first kappa shape index (κ1) is 12.3. The van der Waals surface area contributed by atoms with Crippen molar-refractivity contribution in [3.8, 4) is 0 Å². The van der Waals surface area contributed by atoms with Gasteiger partial charge in [0.2, 0.25) is 5.95 Å². The van der Waals surface area contributed by atoms with Crippen LogP contribution in [0.4, 0.5) is 5.95 Å². The molecule has 0 spiro atoms. The highest BCUT2D eigenvalue weighted by atomic mass is 15.2. The number of rotatable bonds is 4. The van der Waals surface area contributed by atoms with Crippen LogP contribution in [0.2, 0.25) is 0 Å². The normalized spacial score (nSPS) is 15.8. The Morgan fingerprint density at radius 3 is 2.68 bits per heavy atom. The molecular weight excluding hydrogens is 234 g/mol. The van der Waals surface area contributed by atoms with E-state index in [1.165, 1.54) is 36.8 Å². The molecule has 0 atom stereocenters. The first-order chi connectivity index (χ1) is 9.33. The van der Waals surface area contributed by atoms with Gasteiger partial charge in [-0.1, -0.05) is 42.7 Å². The van der Waals surface area contributed by atoms with Crippen LogP contribution in [0.15, 0.2) is 36.7 Å². The van der Waals surface area contributed by atoms with E-state index in [0.717, 1.165) is 12.5 Å². The summed E-state index contributed by atoms with van der Waals surface area (Å²) in [4.78, 5) is 4.45. The lowest BCUT2D eigenvalue weighted by Gasteiger charge is -2.15. The lowest BCUT2D eigenvalue weighted by atomic mass is 10.1. The summed E-state index contributed by atoms with van der Waals surface area (Å²) < 4.78 is 2.31. The second-order valence-corrected chi connectivity index (χ2v) is 5.44. The minimum absolute atomic E-state index is 0.642. The fraction of sp³-hybridized carbons (Fsp3) is 0.438. The van der Waals surface area contributed by atoms with Crippen LogP contribution in [-0.2, 0) is 6.54 Å². The number of aryl methyl sites for hydroxylation is 1. The molecule has 0 aliphatic heterocycles. The van der Waals surface area contributed by atoms with Gasteiger partial charge in [0, 0.05) is 25.0 Å². The molecule has 3 rings (SSSR count). The molecule has 1 saturated carbocycles. The van der Waals surface area contributed by atoms with Crippen LogP contribution in [0.25, 0.3) is 0 Å². The fourth-order valence-electron chi connectivity index (χ4n) is 2.81. The molecule has 19 heavy (non-hydrogen) atoms. The van der Waals surface area contributed by atoms with E-state index in [9.17, 15) is 0 Å². The van der Waals surface area contributed by atoms with Crippen molar-refractivity contribution >= 4 is 5.95 Å². The Hall–Kier alpha value is -1.77. The standard InChI is InChI=1S/C16H21N3/c1-13-6-8-14(9-7-13)12-18-16-17-10-11-19(16)15-4-2-3-5-15/h6-11,15H,2-5,12H2,1H3,(H,17,18). The van der Waals surface area contributed by atoms with Gasteiger partial charge >= 0.3 is 0 Å². The summed E-state index contributed by atoms with van der Waals surface area (Å²) in [6, 6.07) is 9.29. The second kappa shape index (κ2) is 5.47. The average molecular weight is 255 g/mol. The molecule has 1 aromatic heterocycles. The van der Waals surface area contributed by atoms with E-state index in [0.29, 0.717) is 6.04 Å². The number of hydrogen-bond donors (Lipinski definition) is 1. The van der Waals surface area contributed by atoms with Crippen molar-refractivity contribution in [1.82, 2.24) is 9.55 Å². The topological polar surface area (TPSA) is 29.9 Å². The molecule has 3 heteroatoms. The predicted octanol–water partition coefficient (Wildman–Crippen LogP) is 3.92. The van der Waals surface area contributed by atoms with E-state index < -0.39 is 0 Å². The molecule has 1 heterocycles. The highest BCUT2D eigenvalue weighted by Gasteiger charge is 2.18. The third-order valence-electron chi connectivity index (χ3n) is 3.96. The molecule has 2 aromatic rings. The van der Waals surface area contributed by atoms with E-state index in [1.54, 1.807) is 0 Å². The first-order valence-corrected chi connectivity index (χ1v) is 7.15. The van der Waals surface area contributed by atoms with Gasteiger partial charge in [-0.2, -0.15) is 0 Å². The highest BCUT2D eigenvalue weighted by molar-refractivity contribution is 5.30. The lowest BCUT2D eigenvalue weighted by molar-refractivity contribution is 0.523. The molecule has 0 unspecified atom stereocenters. The molecule has 3 nitrogen and oxygen atoms in total. The van der Waals surface area contributed by atoms with Crippen LogP contribution in [0.5, 0.6) is 0 Å². The van der Waals surface area contributed by atoms with Gasteiger partial charge in [0.05, 0.1) is 0 Å². The number of hydrogen-bond acceptors (Lipinski definition) is 2. The molecule has 0 amide bonds. The van der Waals surface area contributed by atoms with Crippen LogP contribution < -0.4 is 5.32 Å². The zero-order valence-corrected chi connectivity index (χ0v) is 11.5. The van der Waals surface area contributed by atoms with Gasteiger partial charge in [-0.25, -0.2) is 4.98 Å². The van der Waals surface area contributed by atoms with Crippen LogP contribution in [0.3, 0.4) is 0 Å². The summed E-state index contributed by atoms with van der Waals surface area (Å²) in [5.74, 6) is 1.01. The van der Waals surface area contributed by atoms with E-state index in [1.807, 2.05) is 6.20 Å². The molecule has 1 aliphatic rings. The van der Waals surface area contributed by atoms with Gasteiger partial charge in [0.15, 0.2) is 0 Å². The minimum atomic E-state index is 0.642. The van der Waals surface area contributed by atoms with Gasteiger partial charge in [-0.3, -0.25) is 0 Å². The van der Waals surface area contributed by atoms with Crippen molar-refractivity contribution < 1.29 is 0 Å². The Morgan fingerprint density at radius 1 is 1.21 bits per heavy atom. The molecule has 0 bridgehead atoms. The quantitative estimate of drug-likeness (QED) is 0.897. The van der Waals surface area contributed by atoms with Crippen molar-refractivity contribution in [1.29, 1.82) is 0 Å². The number of imidazole rings is 1. The van der Waals surface area contributed by atoms with Gasteiger partial charge in [0.1, 0.15) is 0 Å². The van der Waals surface area contributed by atoms with Crippen molar-refractivity contribution in [2.75, 3.05) is 5.32 Å². The van der Waals surface area contributed by atoms with Gasteiger partial charge in [-0.05, 0) is 25.3 Å². The molecule has 0 radical (unpaired) electrons. The van der Waals surface area contributed by atoms with Crippen LogP contribution in [-0.4, -0.2) is 9.55 Å². The van der Waals surface area contributed by atoms with Crippen molar-refractivity contribution in [2.45, 2.75) is 45.2 Å². The molecule has 100 valence electrons. The maximum Gasteiger partial charge on any atom is 0.203 e. The van der Waals surface area contributed by atoms with E-state index in [4.69, 9.17) is 0 Å². The van der Waals surface area contributed by atoms with Crippen LogP contribution in [0, 0.1) is 6.92 Å². The Kier molecular flexibility index (Phi) is 3.53. The Labute approximate surface area is 114 Å². The van der Waals surface area contributed by atoms with E-state index in [-0.39, 0.29) is 0 Å². The summed E-state index contributed by atoms with van der Waals surface area (Å²) in [7, 11) is 0. The second-order valence-electron chi connectivity index (χ2n) is 5.44. The van der Waals surface area contributed by atoms with Crippen molar-refractivity contribution in [2.24, 2.45) is 0 Å². The molecule has 1 aromatic carbocycles. The monoisotopic (exact) mass is 255 g/mol. The largest absolute Gasteiger partial charge is 0.352 e. The highest BCUT2D eigenvalue weighted by Crippen LogP contribution is 2.31. The summed E-state index contributed by atoms with van der Waals surface area (Å²) in [6.45, 7) is 2.95. The Balaban J connectivity index is 1.66. The Bertz CT molecular complexity index is 521. The van der Waals surface area contributed by atoms with Gasteiger partial charge in [-0.15, -0.1) is 0 Å². The van der Waals surface area contributed by atoms with E-state index in [2.05, 4.69) is 52.3 Å². The third-order valence-corrected chi connectivity index (χ3v) is 3.96. The first-order valence-electron chi connectivity index (χ1n) is 7.15. The number of benzene rings is 1. The third kappa shape index (κ3) is 2.80. The summed E-state index contributed by atoms with van der Waals surface area (Å²) in [5, 5.41) is 3.46. The fourth-order valence-corrected chi connectivity index (χ4v) is 2.81. The predicted molar refractivity (Wildman–Crippen MR) is 78.2 cm³/mol. The smallest absolute Gasteiger partial charge is 0.203 e. The maximum atomic E-state index is 4.45. The van der Waals surface area contributed by atoms with E-state index >= 15 is 0 Å². The SMILES string of the molecule is Cc1ccc(CNc2nccn2C2CCCC2)cc1. The molecule has 0 saturated heterocycles. The van der Waals surface area contributed by atoms with Gasteiger partial charge in [0.25, 0.3) is 0 Å². The van der Waals surface area contributed by atoms with Crippen molar-refractivity contribution in [3.63, 3.8) is 0 Å². The molecule has 1 N–H and O–H groups in total. The van der Waals surface area contributed by atoms with Crippen molar-refractivity contribution in [3.05, 3.63) is 47.8 Å². The van der Waals surface area contributed by atoms with Crippen LogP contribution in [0.1, 0.15) is 42.9 Å². The number of nitrogens with one attached hydrogen (secondary N) is 1. The number of aromatic nitrogens is 2. The zero-order chi connectivity index (χ0) is 13.1. The maximum absolute atomic E-state index is 4.45. The van der Waals surface area contributed by atoms with Crippen LogP contribution >= 0.6 is 0 Å². The average Bonchev–Trinajstić information content (AvgIpc) is 3.08. The minimum Gasteiger partial charge on any atom is -0.352 e. The summed E-state index contributed by atoms with van der Waals surface area (Å²) in [5.41, 5.74) is 2.60. The summed E-state index contributed by atoms with van der Waals surface area (Å²) >= 11 is 0. The molecular formula is C16H21N3. The summed E-state index contributed by atoms with van der Waals surface area (Å²) in [6.07, 6.45) is 9.27. The lowest BCUT2D eigenvalue weighted by Crippen LogP contribution is -2.10. The molecule has 1 aliphatic carbocycles. The van der Waals surface area contributed by atoms with Gasteiger partial charge < -0.3 is 9.88 Å².